The first-order valence-corrected chi connectivity index (χ1v) is 7.93. The molecule has 1 amide bonds. The molecule has 1 aliphatic rings. The van der Waals surface area contributed by atoms with E-state index < -0.39 is 0 Å². The van der Waals surface area contributed by atoms with Gasteiger partial charge >= 0.3 is 0 Å². The summed E-state index contributed by atoms with van der Waals surface area (Å²) in [5.74, 6) is 2.81. The van der Waals surface area contributed by atoms with Gasteiger partial charge in [0.15, 0.2) is 0 Å². The predicted octanol–water partition coefficient (Wildman–Crippen LogP) is 0.961. The van der Waals surface area contributed by atoms with Gasteiger partial charge in [0.05, 0.1) is 0 Å². The molecule has 0 radical (unpaired) electrons. The van der Waals surface area contributed by atoms with Crippen molar-refractivity contribution in [1.82, 2.24) is 10.6 Å². The Labute approximate surface area is 115 Å². The lowest BCUT2D eigenvalue weighted by Crippen LogP contribution is -2.53. The van der Waals surface area contributed by atoms with Gasteiger partial charge in [-0.1, -0.05) is 13.8 Å². The lowest BCUT2D eigenvalue weighted by Gasteiger charge is -2.32. The van der Waals surface area contributed by atoms with Crippen LogP contribution in [0.3, 0.4) is 0 Å². The van der Waals surface area contributed by atoms with Crippen LogP contribution in [0.1, 0.15) is 33.6 Å². The van der Waals surface area contributed by atoms with Crippen molar-refractivity contribution in [2.45, 2.75) is 45.2 Å². The van der Waals surface area contributed by atoms with Gasteiger partial charge < -0.3 is 16.4 Å². The highest BCUT2D eigenvalue weighted by atomic mass is 32.2. The Kier molecular flexibility index (Phi) is 6.46. The molecule has 5 heteroatoms. The molecule has 106 valence electrons. The van der Waals surface area contributed by atoms with Crippen LogP contribution in [0.15, 0.2) is 0 Å². The summed E-state index contributed by atoms with van der Waals surface area (Å²) >= 11 is 1.91. The van der Waals surface area contributed by atoms with Crippen LogP contribution in [-0.4, -0.2) is 42.1 Å². The van der Waals surface area contributed by atoms with E-state index in [1.807, 2.05) is 18.7 Å². The van der Waals surface area contributed by atoms with Crippen molar-refractivity contribution < 1.29 is 4.79 Å². The van der Waals surface area contributed by atoms with E-state index in [0.717, 1.165) is 24.5 Å². The minimum Gasteiger partial charge on any atom is -0.350 e. The van der Waals surface area contributed by atoms with Crippen molar-refractivity contribution in [1.29, 1.82) is 0 Å². The summed E-state index contributed by atoms with van der Waals surface area (Å²) in [5.41, 5.74) is 5.53. The highest BCUT2D eigenvalue weighted by molar-refractivity contribution is 7.99. The van der Waals surface area contributed by atoms with Crippen molar-refractivity contribution in [3.05, 3.63) is 0 Å². The Balaban J connectivity index is 2.40. The number of rotatable bonds is 6. The molecule has 0 spiro atoms. The Bertz CT molecular complexity index is 267. The van der Waals surface area contributed by atoms with Gasteiger partial charge in [-0.25, -0.2) is 0 Å². The third-order valence-corrected chi connectivity index (χ3v) is 4.31. The lowest BCUT2D eigenvalue weighted by atomic mass is 9.90. The molecule has 1 fully saturated rings. The summed E-state index contributed by atoms with van der Waals surface area (Å²) in [4.78, 5) is 12.1. The summed E-state index contributed by atoms with van der Waals surface area (Å²) in [6, 6.07) is 0.310. The summed E-state index contributed by atoms with van der Waals surface area (Å²) in [6.07, 6.45) is 1.47. The number of hydrogen-bond donors (Lipinski definition) is 3. The molecule has 0 saturated carbocycles. The summed E-state index contributed by atoms with van der Waals surface area (Å²) in [7, 11) is 0. The fourth-order valence-corrected chi connectivity index (χ4v) is 3.40. The first-order chi connectivity index (χ1) is 8.45. The first kappa shape index (κ1) is 15.8. The number of nitrogens with one attached hydrogen (secondary N) is 2. The van der Waals surface area contributed by atoms with Gasteiger partial charge in [-0.05, 0) is 19.3 Å². The van der Waals surface area contributed by atoms with Crippen LogP contribution in [0.5, 0.6) is 0 Å². The average molecular weight is 273 g/mol. The molecule has 0 aromatic carbocycles. The molecular weight excluding hydrogens is 246 g/mol. The van der Waals surface area contributed by atoms with Crippen LogP contribution in [0.4, 0.5) is 0 Å². The molecule has 1 rings (SSSR count). The van der Waals surface area contributed by atoms with Crippen LogP contribution in [0.2, 0.25) is 0 Å². The highest BCUT2D eigenvalue weighted by Crippen LogP contribution is 2.16. The molecule has 4 nitrogen and oxygen atoms in total. The van der Waals surface area contributed by atoms with Crippen LogP contribution in [0, 0.1) is 5.92 Å². The third-order valence-electron chi connectivity index (χ3n) is 3.18. The summed E-state index contributed by atoms with van der Waals surface area (Å²) < 4.78 is 0. The fourth-order valence-electron chi connectivity index (χ4n) is 2.45. The quantitative estimate of drug-likeness (QED) is 0.674. The molecular formula is C13H27N3OS. The van der Waals surface area contributed by atoms with E-state index in [4.69, 9.17) is 5.73 Å². The predicted molar refractivity (Wildman–Crippen MR) is 78.8 cm³/mol. The maximum absolute atomic E-state index is 12.1. The Morgan fingerprint density at radius 1 is 1.61 bits per heavy atom. The molecule has 0 aliphatic carbocycles. The van der Waals surface area contributed by atoms with Gasteiger partial charge in [0.2, 0.25) is 5.91 Å². The maximum atomic E-state index is 12.1. The fraction of sp³-hybridized carbons (Fsp3) is 0.923. The van der Waals surface area contributed by atoms with Crippen LogP contribution < -0.4 is 16.4 Å². The Morgan fingerprint density at radius 3 is 2.83 bits per heavy atom. The van der Waals surface area contributed by atoms with E-state index >= 15 is 0 Å². The highest BCUT2D eigenvalue weighted by Gasteiger charge is 2.27. The first-order valence-electron chi connectivity index (χ1n) is 6.77. The van der Waals surface area contributed by atoms with Crippen LogP contribution in [0.25, 0.3) is 0 Å². The number of carbonyl (C=O) groups is 1. The Hall–Kier alpha value is -0.260. The number of hydrogen-bond acceptors (Lipinski definition) is 4. The minimum absolute atomic E-state index is 0.114. The number of nitrogens with two attached hydrogens (primary N) is 1. The van der Waals surface area contributed by atoms with E-state index in [0.29, 0.717) is 24.9 Å². The van der Waals surface area contributed by atoms with Gasteiger partial charge in [0.25, 0.3) is 0 Å². The summed E-state index contributed by atoms with van der Waals surface area (Å²) in [6.45, 7) is 7.83. The minimum atomic E-state index is -0.271. The van der Waals surface area contributed by atoms with Crippen molar-refractivity contribution in [3.8, 4) is 0 Å². The van der Waals surface area contributed by atoms with Crippen LogP contribution >= 0.6 is 11.8 Å². The van der Waals surface area contributed by atoms with Gasteiger partial charge in [0.1, 0.15) is 0 Å². The van der Waals surface area contributed by atoms with Crippen molar-refractivity contribution in [2.24, 2.45) is 11.7 Å². The number of thioether (sulfide) groups is 1. The zero-order valence-corrected chi connectivity index (χ0v) is 12.6. The Morgan fingerprint density at radius 2 is 2.33 bits per heavy atom. The van der Waals surface area contributed by atoms with Crippen molar-refractivity contribution in [3.63, 3.8) is 0 Å². The molecule has 0 aromatic heterocycles. The lowest BCUT2D eigenvalue weighted by molar-refractivity contribution is -0.123. The second-order valence-corrected chi connectivity index (χ2v) is 6.99. The van der Waals surface area contributed by atoms with E-state index in [1.54, 1.807) is 0 Å². The standard InChI is InChI=1S/C13H27N3OS/c1-10(2)7-13(3,9-14)16-12(17)6-11-8-18-5-4-15-11/h10-11,15H,4-9,14H2,1-3H3,(H,16,17). The van der Waals surface area contributed by atoms with E-state index in [-0.39, 0.29) is 11.4 Å². The second kappa shape index (κ2) is 7.36. The largest absolute Gasteiger partial charge is 0.350 e. The molecule has 4 N–H and O–H groups in total. The van der Waals surface area contributed by atoms with Gasteiger partial charge in [0, 0.05) is 42.6 Å². The van der Waals surface area contributed by atoms with Crippen LogP contribution in [-0.2, 0) is 4.79 Å². The van der Waals surface area contributed by atoms with Gasteiger partial charge in [-0.3, -0.25) is 4.79 Å². The number of carbonyl (C=O) groups excluding carboxylic acids is 1. The van der Waals surface area contributed by atoms with Crippen molar-refractivity contribution in [2.75, 3.05) is 24.6 Å². The summed E-state index contributed by atoms with van der Waals surface area (Å²) in [5, 5.41) is 6.49. The van der Waals surface area contributed by atoms with Gasteiger partial charge in [-0.2, -0.15) is 11.8 Å². The normalized spacial score (nSPS) is 23.7. The topological polar surface area (TPSA) is 67.1 Å². The molecule has 2 atom stereocenters. The molecule has 2 unspecified atom stereocenters. The average Bonchev–Trinajstić information content (AvgIpc) is 2.28. The van der Waals surface area contributed by atoms with E-state index in [1.165, 1.54) is 0 Å². The maximum Gasteiger partial charge on any atom is 0.222 e. The molecule has 1 aliphatic heterocycles. The smallest absolute Gasteiger partial charge is 0.222 e. The SMILES string of the molecule is CC(C)CC(C)(CN)NC(=O)CC1CSCCN1. The third kappa shape index (κ3) is 5.59. The monoisotopic (exact) mass is 273 g/mol. The molecule has 1 saturated heterocycles. The second-order valence-electron chi connectivity index (χ2n) is 5.84. The zero-order chi connectivity index (χ0) is 13.6. The van der Waals surface area contributed by atoms with Gasteiger partial charge in [-0.15, -0.1) is 0 Å². The van der Waals surface area contributed by atoms with E-state index in [2.05, 4.69) is 24.5 Å². The number of amides is 1. The molecule has 1 heterocycles. The molecule has 0 bridgehead atoms. The van der Waals surface area contributed by atoms with Crippen molar-refractivity contribution >= 4 is 17.7 Å². The molecule has 0 aromatic rings. The zero-order valence-electron chi connectivity index (χ0n) is 11.8. The van der Waals surface area contributed by atoms with E-state index in [9.17, 15) is 4.79 Å². The molecule has 18 heavy (non-hydrogen) atoms.